The maximum atomic E-state index is 6.69. The number of hydrogen-bond acceptors (Lipinski definition) is 2. The number of rotatable bonds is 4. The van der Waals surface area contributed by atoms with Gasteiger partial charge in [0.2, 0.25) is 0 Å². The summed E-state index contributed by atoms with van der Waals surface area (Å²) in [5, 5.41) is 8.07. The van der Waals surface area contributed by atoms with Crippen LogP contribution in [0.25, 0.3) is 99.2 Å². The molecule has 0 saturated carbocycles. The molecule has 0 aliphatic heterocycles. The Morgan fingerprint density at radius 1 is 0.312 bits per heavy atom. The van der Waals surface area contributed by atoms with Gasteiger partial charge in [-0.05, 0) is 85.3 Å². The SMILES string of the molecule is c1ccc(-c2cccc(-c3c4ccccc4c(-c4cccc5oc6c7cc(-c8ccccc8)oc7ccc6c45)c4ccccc34)c2)cc1. The van der Waals surface area contributed by atoms with Gasteiger partial charge in [0, 0.05) is 16.3 Å². The molecule has 224 valence electrons. The third-order valence-corrected chi connectivity index (χ3v) is 9.68. The molecule has 8 aromatic carbocycles. The molecule has 10 rings (SSSR count). The van der Waals surface area contributed by atoms with Crippen molar-refractivity contribution in [1.82, 2.24) is 0 Å². The van der Waals surface area contributed by atoms with Crippen molar-refractivity contribution in [3.63, 3.8) is 0 Å². The molecular weight excluding hydrogens is 585 g/mol. The summed E-state index contributed by atoms with van der Waals surface area (Å²) in [6.45, 7) is 0. The molecule has 2 heteroatoms. The van der Waals surface area contributed by atoms with Crippen LogP contribution in [0.2, 0.25) is 0 Å². The maximum absolute atomic E-state index is 6.69. The minimum Gasteiger partial charge on any atom is -0.456 e. The summed E-state index contributed by atoms with van der Waals surface area (Å²) in [4.78, 5) is 0. The van der Waals surface area contributed by atoms with Gasteiger partial charge >= 0.3 is 0 Å². The average Bonchev–Trinajstić information content (AvgIpc) is 3.77. The van der Waals surface area contributed by atoms with Gasteiger partial charge in [-0.3, -0.25) is 0 Å². The van der Waals surface area contributed by atoms with E-state index < -0.39 is 0 Å². The Morgan fingerprint density at radius 2 is 0.896 bits per heavy atom. The third kappa shape index (κ3) is 4.06. The lowest BCUT2D eigenvalue weighted by Gasteiger charge is -2.18. The zero-order valence-electron chi connectivity index (χ0n) is 26.0. The molecule has 2 aromatic heterocycles. The van der Waals surface area contributed by atoms with Crippen LogP contribution in [0.15, 0.2) is 179 Å². The molecule has 0 fully saturated rings. The summed E-state index contributed by atoms with van der Waals surface area (Å²) in [6.07, 6.45) is 0. The van der Waals surface area contributed by atoms with Gasteiger partial charge in [0.1, 0.15) is 22.5 Å². The highest BCUT2D eigenvalue weighted by molar-refractivity contribution is 6.27. The van der Waals surface area contributed by atoms with E-state index >= 15 is 0 Å². The minimum absolute atomic E-state index is 0.819. The Balaban J connectivity index is 1.25. The van der Waals surface area contributed by atoms with Gasteiger partial charge in [0.05, 0.1) is 5.39 Å². The highest BCUT2D eigenvalue weighted by atomic mass is 16.3. The van der Waals surface area contributed by atoms with Crippen molar-refractivity contribution >= 4 is 54.5 Å². The van der Waals surface area contributed by atoms with E-state index in [0.29, 0.717) is 0 Å². The second-order valence-corrected chi connectivity index (χ2v) is 12.4. The molecule has 0 spiro atoms. The van der Waals surface area contributed by atoms with E-state index in [0.717, 1.165) is 49.8 Å². The quantitative estimate of drug-likeness (QED) is 0.185. The van der Waals surface area contributed by atoms with Crippen molar-refractivity contribution in [1.29, 1.82) is 0 Å². The summed E-state index contributed by atoms with van der Waals surface area (Å²) < 4.78 is 13.0. The topological polar surface area (TPSA) is 26.3 Å². The number of furan rings is 2. The highest BCUT2D eigenvalue weighted by Gasteiger charge is 2.22. The van der Waals surface area contributed by atoms with Crippen LogP contribution in [0.5, 0.6) is 0 Å². The van der Waals surface area contributed by atoms with Gasteiger partial charge in [-0.1, -0.05) is 140 Å². The molecule has 0 aliphatic rings. The van der Waals surface area contributed by atoms with Gasteiger partial charge < -0.3 is 8.83 Å². The third-order valence-electron chi connectivity index (χ3n) is 9.68. The smallest absolute Gasteiger partial charge is 0.146 e. The Bertz CT molecular complexity index is 2760. The first kappa shape index (κ1) is 26.8. The summed E-state index contributed by atoms with van der Waals surface area (Å²) in [5.74, 6) is 0.836. The lowest BCUT2D eigenvalue weighted by molar-refractivity contribution is 0.631. The Labute approximate surface area is 277 Å². The second kappa shape index (κ2) is 10.6. The van der Waals surface area contributed by atoms with Gasteiger partial charge in [-0.2, -0.15) is 0 Å². The van der Waals surface area contributed by atoms with Crippen molar-refractivity contribution in [3.8, 4) is 44.7 Å². The molecule has 0 saturated heterocycles. The van der Waals surface area contributed by atoms with E-state index in [-0.39, 0.29) is 0 Å². The number of fused-ring (bicyclic) bond motifs is 7. The molecule has 48 heavy (non-hydrogen) atoms. The maximum Gasteiger partial charge on any atom is 0.146 e. The van der Waals surface area contributed by atoms with Crippen LogP contribution >= 0.6 is 0 Å². The predicted molar refractivity (Wildman–Crippen MR) is 200 cm³/mol. The standard InChI is InChI=1S/C46H28O2/c1-3-13-29(14-4-1)31-17-11-18-32(27-31)43-33-19-7-9-21-35(33)44(36-22-10-8-20-34(36)43)37-23-12-24-41-45(37)38-25-26-40-39(46(38)48-41)28-42(47-40)30-15-5-2-6-16-30/h1-28H. The van der Waals surface area contributed by atoms with E-state index in [1.54, 1.807) is 0 Å². The molecule has 0 amide bonds. The van der Waals surface area contributed by atoms with Crippen molar-refractivity contribution in [2.75, 3.05) is 0 Å². The van der Waals surface area contributed by atoms with Crippen LogP contribution in [0.1, 0.15) is 0 Å². The van der Waals surface area contributed by atoms with Crippen molar-refractivity contribution < 1.29 is 8.83 Å². The monoisotopic (exact) mass is 612 g/mol. The van der Waals surface area contributed by atoms with Crippen LogP contribution in [-0.4, -0.2) is 0 Å². The fraction of sp³-hybridized carbons (Fsp3) is 0. The molecule has 0 aliphatic carbocycles. The lowest BCUT2D eigenvalue weighted by atomic mass is 9.84. The average molecular weight is 613 g/mol. The van der Waals surface area contributed by atoms with Crippen molar-refractivity contribution in [3.05, 3.63) is 170 Å². The van der Waals surface area contributed by atoms with E-state index in [1.165, 1.54) is 49.4 Å². The second-order valence-electron chi connectivity index (χ2n) is 12.4. The first-order chi connectivity index (χ1) is 23.8. The largest absolute Gasteiger partial charge is 0.456 e. The van der Waals surface area contributed by atoms with E-state index in [4.69, 9.17) is 8.83 Å². The molecule has 0 radical (unpaired) electrons. The van der Waals surface area contributed by atoms with E-state index in [1.807, 2.05) is 18.2 Å². The van der Waals surface area contributed by atoms with Crippen LogP contribution in [0.4, 0.5) is 0 Å². The fourth-order valence-corrected chi connectivity index (χ4v) is 7.56. The molecular formula is C46H28O2. The molecule has 0 N–H and O–H groups in total. The first-order valence-corrected chi connectivity index (χ1v) is 16.3. The minimum atomic E-state index is 0.819. The molecule has 0 bridgehead atoms. The molecule has 0 atom stereocenters. The Hall–Kier alpha value is -6.38. The van der Waals surface area contributed by atoms with Gasteiger partial charge in [-0.25, -0.2) is 0 Å². The number of hydrogen-bond donors (Lipinski definition) is 0. The van der Waals surface area contributed by atoms with Crippen LogP contribution in [-0.2, 0) is 0 Å². The predicted octanol–water partition coefficient (Wildman–Crippen LogP) is 13.3. The van der Waals surface area contributed by atoms with Gasteiger partial charge in [0.25, 0.3) is 0 Å². The van der Waals surface area contributed by atoms with Crippen molar-refractivity contribution in [2.45, 2.75) is 0 Å². The molecule has 10 aromatic rings. The normalized spacial score (nSPS) is 11.8. The first-order valence-electron chi connectivity index (χ1n) is 16.3. The molecule has 2 heterocycles. The summed E-state index contributed by atoms with van der Waals surface area (Å²) in [5.41, 5.74) is 10.8. The van der Waals surface area contributed by atoms with Crippen LogP contribution in [0.3, 0.4) is 0 Å². The Kier molecular flexibility index (Phi) is 5.91. The number of benzene rings is 8. The highest BCUT2D eigenvalue weighted by Crippen LogP contribution is 2.48. The summed E-state index contributed by atoms with van der Waals surface area (Å²) >= 11 is 0. The van der Waals surface area contributed by atoms with Crippen molar-refractivity contribution in [2.24, 2.45) is 0 Å². The Morgan fingerprint density at radius 3 is 1.60 bits per heavy atom. The van der Waals surface area contributed by atoms with Crippen LogP contribution in [0, 0.1) is 0 Å². The van der Waals surface area contributed by atoms with Crippen LogP contribution < -0.4 is 0 Å². The molecule has 2 nitrogen and oxygen atoms in total. The van der Waals surface area contributed by atoms with Gasteiger partial charge in [-0.15, -0.1) is 0 Å². The van der Waals surface area contributed by atoms with Gasteiger partial charge in [0.15, 0.2) is 0 Å². The summed E-state index contributed by atoms with van der Waals surface area (Å²) in [6, 6.07) is 60.2. The van der Waals surface area contributed by atoms with E-state index in [2.05, 4.69) is 152 Å². The lowest BCUT2D eigenvalue weighted by Crippen LogP contribution is -1.91. The fourth-order valence-electron chi connectivity index (χ4n) is 7.56. The summed E-state index contributed by atoms with van der Waals surface area (Å²) in [7, 11) is 0. The van der Waals surface area contributed by atoms with E-state index in [9.17, 15) is 0 Å². The zero-order chi connectivity index (χ0) is 31.6. The zero-order valence-corrected chi connectivity index (χ0v) is 26.0. The molecule has 0 unspecified atom stereocenters.